The maximum Gasteiger partial charge on any atom is 0.339 e. The first-order chi connectivity index (χ1) is 21.4. The molecule has 238 valence electrons. The Morgan fingerprint density at radius 2 is 1.56 bits per heavy atom. The Hall–Kier alpha value is -1.05. The number of ether oxygens (including phenoxy) is 3. The van der Waals surface area contributed by atoms with Crippen molar-refractivity contribution in [1.29, 1.82) is 0 Å². The van der Waals surface area contributed by atoms with Crippen LogP contribution in [0.2, 0.25) is 0 Å². The van der Waals surface area contributed by atoms with Crippen LogP contribution >= 0.6 is 67.8 Å². The zero-order chi connectivity index (χ0) is 31.5. The fourth-order valence-corrected chi connectivity index (χ4v) is 12.9. The first-order valence-electron chi connectivity index (χ1n) is 15.3. The van der Waals surface area contributed by atoms with Gasteiger partial charge in [-0.3, -0.25) is 9.59 Å². The van der Waals surface area contributed by atoms with Gasteiger partial charge in [-0.15, -0.1) is 0 Å². The van der Waals surface area contributed by atoms with E-state index in [1.165, 1.54) is 18.6 Å². The second-order valence-electron chi connectivity index (χ2n) is 13.6. The molecule has 6 unspecified atom stereocenters. The van der Waals surface area contributed by atoms with E-state index >= 15 is 0 Å². The number of carbonyl (C=O) groups excluding carboxylic acids is 3. The van der Waals surface area contributed by atoms with Crippen LogP contribution in [0.25, 0.3) is 0 Å². The van der Waals surface area contributed by atoms with E-state index in [2.05, 4.69) is 67.8 Å². The van der Waals surface area contributed by atoms with Crippen molar-refractivity contribution >= 4 is 95.8 Å². The lowest BCUT2D eigenvalue weighted by Crippen LogP contribution is -2.44. The Kier molecular flexibility index (Phi) is 7.81. The summed E-state index contributed by atoms with van der Waals surface area (Å²) in [5.74, 6) is -1.94. The van der Waals surface area contributed by atoms with Crippen LogP contribution in [0, 0.1) is 58.1 Å². The number of esters is 3. The molecule has 7 aliphatic rings. The molecule has 0 radical (unpaired) electrons. The molecule has 9 nitrogen and oxygen atoms in total. The van der Waals surface area contributed by atoms with Crippen LogP contribution in [0.4, 0.5) is 0 Å². The molecule has 6 atom stereocenters. The largest absolute Gasteiger partial charge is 0.744 e. The lowest BCUT2D eigenvalue weighted by atomic mass is 9.51. The van der Waals surface area contributed by atoms with Crippen molar-refractivity contribution in [3.63, 3.8) is 0 Å². The normalized spacial score (nSPS) is 37.2. The smallest absolute Gasteiger partial charge is 0.339 e. The second kappa shape index (κ2) is 11.3. The van der Waals surface area contributed by atoms with Crippen molar-refractivity contribution in [1.82, 2.24) is 0 Å². The monoisotopic (exact) mass is 969 g/mol. The first-order valence-corrected chi connectivity index (χ1v) is 19.9. The van der Waals surface area contributed by atoms with Crippen molar-refractivity contribution in [2.75, 3.05) is 0 Å². The van der Waals surface area contributed by atoms with Crippen molar-refractivity contribution in [3.8, 4) is 5.75 Å². The highest BCUT2D eigenvalue weighted by Crippen LogP contribution is 2.61. The third-order valence-corrected chi connectivity index (χ3v) is 17.5. The number of hydrogen-bond acceptors (Lipinski definition) is 9. The van der Waals surface area contributed by atoms with Gasteiger partial charge >= 0.3 is 17.9 Å². The number of halogens is 3. The van der Waals surface area contributed by atoms with Crippen molar-refractivity contribution < 1.29 is 41.6 Å². The Bertz CT molecular complexity index is 1730. The molecule has 13 heteroatoms. The summed E-state index contributed by atoms with van der Waals surface area (Å²) in [5.41, 5.74) is 0.861. The summed E-state index contributed by atoms with van der Waals surface area (Å²) in [6.07, 6.45) is 4.43. The van der Waals surface area contributed by atoms with Gasteiger partial charge in [-0.2, -0.15) is 0 Å². The van der Waals surface area contributed by atoms with Gasteiger partial charge in [-0.25, -0.2) is 13.2 Å². The molecule has 7 fully saturated rings. The van der Waals surface area contributed by atoms with Crippen LogP contribution in [0.15, 0.2) is 35.2 Å². The maximum absolute atomic E-state index is 13.8. The van der Waals surface area contributed by atoms with Gasteiger partial charge in [-0.1, -0.05) is 0 Å². The predicted molar refractivity (Wildman–Crippen MR) is 182 cm³/mol. The lowest BCUT2D eigenvalue weighted by Gasteiger charge is -2.55. The summed E-state index contributed by atoms with van der Waals surface area (Å²) >= 11 is 6.50. The van der Waals surface area contributed by atoms with Gasteiger partial charge in [0.2, 0.25) is 0 Å². The number of rotatable bonds is 6. The van der Waals surface area contributed by atoms with Crippen molar-refractivity contribution in [3.05, 3.63) is 52.2 Å². The summed E-state index contributed by atoms with van der Waals surface area (Å²) in [5, 5.41) is 0. The quantitative estimate of drug-likeness (QED) is 0.114. The highest BCUT2D eigenvalue weighted by molar-refractivity contribution is 14.1. The predicted octanol–water partition coefficient (Wildman–Crippen LogP) is 5.88. The third-order valence-electron chi connectivity index (χ3n) is 11.4. The van der Waals surface area contributed by atoms with Gasteiger partial charge in [-0.05, 0) is 172 Å². The summed E-state index contributed by atoms with van der Waals surface area (Å²) in [4.78, 5) is 39.9. The SMILES string of the molecule is O=C(OC1C2CC3C1OC(=O)C3C2C(=O)Oc1ccc(S(=O)(=O)[O-])c(C2C3CC4CC(C3)CC2C4)c1)c1ccc(I)c(I)c1I. The minimum absolute atomic E-state index is 0.0702. The molecule has 0 spiro atoms. The zero-order valence-corrected chi connectivity index (χ0v) is 31.0. The summed E-state index contributed by atoms with van der Waals surface area (Å²) in [6.45, 7) is 0. The second-order valence-corrected chi connectivity index (χ2v) is 18.3. The Labute approximate surface area is 301 Å². The number of fused-ring (bicyclic) bond motifs is 1. The topological polar surface area (TPSA) is 136 Å². The zero-order valence-electron chi connectivity index (χ0n) is 23.7. The molecule has 6 aliphatic carbocycles. The van der Waals surface area contributed by atoms with Gasteiger partial charge in [0.25, 0.3) is 0 Å². The molecular formula is C32H28I3O9S-. The van der Waals surface area contributed by atoms with Gasteiger partial charge in [0.1, 0.15) is 28.1 Å². The molecule has 0 N–H and O–H groups in total. The van der Waals surface area contributed by atoms with Gasteiger partial charge in [0, 0.05) is 22.5 Å². The number of carbonyl (C=O) groups is 3. The van der Waals surface area contributed by atoms with Gasteiger partial charge < -0.3 is 18.8 Å². The number of hydrogen-bond donors (Lipinski definition) is 0. The molecule has 6 bridgehead atoms. The molecule has 0 aromatic heterocycles. The van der Waals surface area contributed by atoms with E-state index in [1.54, 1.807) is 12.1 Å². The van der Waals surface area contributed by atoms with Crippen LogP contribution < -0.4 is 4.74 Å². The van der Waals surface area contributed by atoms with E-state index < -0.39 is 58.0 Å². The fourth-order valence-electron chi connectivity index (χ4n) is 10.0. The molecule has 2 aromatic carbocycles. The maximum atomic E-state index is 13.8. The van der Waals surface area contributed by atoms with Crippen LogP contribution in [0.3, 0.4) is 0 Å². The van der Waals surface area contributed by atoms with E-state index in [-0.39, 0.29) is 22.5 Å². The molecule has 6 saturated carbocycles. The molecule has 2 aromatic rings. The van der Waals surface area contributed by atoms with Crippen LogP contribution in [-0.4, -0.2) is 43.1 Å². The molecular weight excluding hydrogens is 941 g/mol. The van der Waals surface area contributed by atoms with Crippen LogP contribution in [-0.2, 0) is 29.2 Å². The van der Waals surface area contributed by atoms with E-state index in [0.29, 0.717) is 41.2 Å². The Balaban J connectivity index is 1.07. The lowest BCUT2D eigenvalue weighted by molar-refractivity contribution is -0.149. The minimum Gasteiger partial charge on any atom is -0.744 e. The van der Waals surface area contributed by atoms with E-state index in [9.17, 15) is 27.4 Å². The third kappa shape index (κ3) is 5.09. The highest BCUT2D eigenvalue weighted by atomic mass is 127. The van der Waals surface area contributed by atoms with E-state index in [1.807, 2.05) is 6.07 Å². The fraction of sp³-hybridized carbons (Fsp3) is 0.531. The van der Waals surface area contributed by atoms with E-state index in [4.69, 9.17) is 14.2 Å². The molecule has 1 saturated heterocycles. The van der Waals surface area contributed by atoms with Crippen LogP contribution in [0.1, 0.15) is 60.4 Å². The summed E-state index contributed by atoms with van der Waals surface area (Å²) in [7, 11) is -4.75. The Morgan fingerprint density at radius 1 is 0.867 bits per heavy atom. The van der Waals surface area contributed by atoms with Crippen molar-refractivity contribution in [2.45, 2.75) is 61.5 Å². The van der Waals surface area contributed by atoms with Gasteiger partial charge in [0.15, 0.2) is 0 Å². The summed E-state index contributed by atoms with van der Waals surface area (Å²) in [6, 6.07) is 7.73. The molecule has 1 heterocycles. The van der Waals surface area contributed by atoms with Gasteiger partial charge in [0.05, 0.1) is 22.3 Å². The minimum atomic E-state index is -4.75. The van der Waals surface area contributed by atoms with Crippen molar-refractivity contribution in [2.24, 2.45) is 47.3 Å². The average Bonchev–Trinajstić information content (AvgIpc) is 3.59. The molecule has 1 aliphatic heterocycles. The highest BCUT2D eigenvalue weighted by Gasteiger charge is 2.70. The Morgan fingerprint density at radius 3 is 2.22 bits per heavy atom. The summed E-state index contributed by atoms with van der Waals surface area (Å²) < 4.78 is 57.4. The standard InChI is InChI=1S/C32H29I3O9S/c33-21-3-2-17(26(34)27(21)35)30(36)43-28-19-11-20-25(32(38)44-29(20)28)24(19)31(37)42-16-1-4-22(45(39,40)41)18(10-16)23-14-6-12-5-13(8-14)9-15(23)7-12/h1-4,10,12-15,19-20,23-25,28-29H,5-9,11H2,(H,39,40,41)/p-1. The molecule has 45 heavy (non-hydrogen) atoms. The molecule has 0 amide bonds. The van der Waals surface area contributed by atoms with Crippen LogP contribution in [0.5, 0.6) is 5.75 Å². The van der Waals surface area contributed by atoms with E-state index in [0.717, 1.165) is 36.4 Å². The molecule has 9 rings (SSSR count). The first kappa shape index (κ1) is 31.2. The average molecular weight is 969 g/mol. The number of benzene rings is 2.